The van der Waals surface area contributed by atoms with E-state index >= 15 is 0 Å². The number of methoxy groups -OCH3 is 2. The summed E-state index contributed by atoms with van der Waals surface area (Å²) in [6.45, 7) is 1.94. The molecule has 2 rings (SSSR count). The highest BCUT2D eigenvalue weighted by Crippen LogP contribution is 2.28. The van der Waals surface area contributed by atoms with Gasteiger partial charge in [0.2, 0.25) is 0 Å². The summed E-state index contributed by atoms with van der Waals surface area (Å²) in [4.78, 5) is 12.5. The fourth-order valence-electron chi connectivity index (χ4n) is 2.91. The maximum Gasteiger partial charge on any atom is 0.255 e. The van der Waals surface area contributed by atoms with Crippen molar-refractivity contribution < 1.29 is 14.3 Å². The van der Waals surface area contributed by atoms with Crippen LogP contribution in [0.25, 0.3) is 0 Å². The maximum absolute atomic E-state index is 12.5. The van der Waals surface area contributed by atoms with Gasteiger partial charge in [0.15, 0.2) is 0 Å². The fourth-order valence-corrected chi connectivity index (χ4v) is 2.91. The van der Waals surface area contributed by atoms with Crippen molar-refractivity contribution in [2.75, 3.05) is 14.2 Å². The minimum absolute atomic E-state index is 0.0722. The number of hydrogen-bond acceptors (Lipinski definition) is 3. The number of rotatable bonds is 4. The molecule has 0 atom stereocenters. The molecule has 1 amide bonds. The molecule has 4 heteroatoms. The molecule has 0 unspecified atom stereocenters. The second-order valence-corrected chi connectivity index (χ2v) is 5.68. The Bertz CT molecular complexity index is 491. The third-order valence-electron chi connectivity index (χ3n) is 4.15. The molecule has 1 aromatic carbocycles. The molecule has 1 aliphatic carbocycles. The number of aryl methyl sites for hydroxylation is 1. The molecular weight excluding hydrogens is 266 g/mol. The molecule has 0 bridgehead atoms. The summed E-state index contributed by atoms with van der Waals surface area (Å²) in [5.41, 5.74) is 1.50. The summed E-state index contributed by atoms with van der Waals surface area (Å²) in [6, 6.07) is 3.89. The Kier molecular flexibility index (Phi) is 5.48. The van der Waals surface area contributed by atoms with Crippen LogP contribution in [0.3, 0.4) is 0 Å². The predicted molar refractivity (Wildman–Crippen MR) is 83.2 cm³/mol. The number of carbonyl (C=O) groups excluding carboxylic acids is 1. The van der Waals surface area contributed by atoms with Crippen LogP contribution >= 0.6 is 0 Å². The predicted octanol–water partition coefficient (Wildman–Crippen LogP) is 3.46. The smallest absolute Gasteiger partial charge is 0.255 e. The highest BCUT2D eigenvalue weighted by molar-refractivity contribution is 5.97. The van der Waals surface area contributed by atoms with Crippen molar-refractivity contribution in [1.82, 2.24) is 5.32 Å². The van der Waals surface area contributed by atoms with Gasteiger partial charge in [0.05, 0.1) is 19.8 Å². The number of nitrogens with one attached hydrogen (secondary N) is 1. The second kappa shape index (κ2) is 7.34. The minimum Gasteiger partial charge on any atom is -0.496 e. The molecule has 0 saturated heterocycles. The number of hydrogen-bond donors (Lipinski definition) is 1. The van der Waals surface area contributed by atoms with Crippen LogP contribution in [0.15, 0.2) is 12.1 Å². The molecule has 1 fully saturated rings. The van der Waals surface area contributed by atoms with Crippen LogP contribution in [-0.4, -0.2) is 26.2 Å². The molecular formula is C17H25NO3. The van der Waals surface area contributed by atoms with Crippen LogP contribution in [0.2, 0.25) is 0 Å². The van der Waals surface area contributed by atoms with Crippen LogP contribution in [0, 0.1) is 6.92 Å². The van der Waals surface area contributed by atoms with Gasteiger partial charge in [-0.1, -0.05) is 25.7 Å². The molecule has 4 nitrogen and oxygen atoms in total. The Morgan fingerprint density at radius 1 is 1.05 bits per heavy atom. The molecule has 1 aromatic rings. The van der Waals surface area contributed by atoms with Gasteiger partial charge >= 0.3 is 0 Å². The zero-order valence-corrected chi connectivity index (χ0v) is 13.2. The Morgan fingerprint density at radius 2 is 1.67 bits per heavy atom. The first-order valence-electron chi connectivity index (χ1n) is 7.69. The third-order valence-corrected chi connectivity index (χ3v) is 4.15. The highest BCUT2D eigenvalue weighted by atomic mass is 16.5. The number of carbonyl (C=O) groups is 1. The van der Waals surface area contributed by atoms with Crippen LogP contribution in [0.4, 0.5) is 0 Å². The van der Waals surface area contributed by atoms with Crippen molar-refractivity contribution in [2.24, 2.45) is 0 Å². The topological polar surface area (TPSA) is 47.6 Å². The summed E-state index contributed by atoms with van der Waals surface area (Å²) in [7, 11) is 3.20. The summed E-state index contributed by atoms with van der Waals surface area (Å²) < 4.78 is 10.7. The van der Waals surface area contributed by atoms with Gasteiger partial charge in [-0.15, -0.1) is 0 Å². The Labute approximate surface area is 126 Å². The molecule has 1 N–H and O–H groups in total. The number of ether oxygens (including phenoxy) is 2. The second-order valence-electron chi connectivity index (χ2n) is 5.68. The van der Waals surface area contributed by atoms with E-state index in [0.29, 0.717) is 17.1 Å². The zero-order valence-electron chi connectivity index (χ0n) is 13.2. The van der Waals surface area contributed by atoms with E-state index in [1.807, 2.05) is 13.0 Å². The zero-order chi connectivity index (χ0) is 15.2. The van der Waals surface area contributed by atoms with E-state index in [4.69, 9.17) is 9.47 Å². The molecule has 1 aliphatic rings. The van der Waals surface area contributed by atoms with Crippen LogP contribution < -0.4 is 14.8 Å². The first-order valence-corrected chi connectivity index (χ1v) is 7.69. The first kappa shape index (κ1) is 15.7. The Balaban J connectivity index is 2.17. The van der Waals surface area contributed by atoms with E-state index in [0.717, 1.165) is 18.4 Å². The van der Waals surface area contributed by atoms with Gasteiger partial charge in [-0.05, 0) is 37.5 Å². The molecule has 0 aromatic heterocycles. The van der Waals surface area contributed by atoms with Gasteiger partial charge in [-0.2, -0.15) is 0 Å². The number of benzene rings is 1. The molecule has 116 valence electrons. The van der Waals surface area contributed by atoms with Gasteiger partial charge in [0.1, 0.15) is 11.5 Å². The Hall–Kier alpha value is -1.71. The number of amides is 1. The fraction of sp³-hybridized carbons (Fsp3) is 0.588. The van der Waals surface area contributed by atoms with E-state index in [2.05, 4.69) is 5.32 Å². The van der Waals surface area contributed by atoms with E-state index in [1.165, 1.54) is 25.7 Å². The van der Waals surface area contributed by atoms with E-state index in [1.54, 1.807) is 20.3 Å². The van der Waals surface area contributed by atoms with Gasteiger partial charge in [0, 0.05) is 6.04 Å². The van der Waals surface area contributed by atoms with Crippen molar-refractivity contribution >= 4 is 5.91 Å². The van der Waals surface area contributed by atoms with Crippen molar-refractivity contribution in [1.29, 1.82) is 0 Å². The summed E-state index contributed by atoms with van der Waals surface area (Å²) in [5, 5.41) is 3.15. The maximum atomic E-state index is 12.5. The highest BCUT2D eigenvalue weighted by Gasteiger charge is 2.20. The summed E-state index contributed by atoms with van der Waals surface area (Å²) >= 11 is 0. The monoisotopic (exact) mass is 291 g/mol. The van der Waals surface area contributed by atoms with Gasteiger partial charge in [0.25, 0.3) is 5.91 Å². The molecule has 1 saturated carbocycles. The van der Waals surface area contributed by atoms with Crippen LogP contribution in [-0.2, 0) is 0 Å². The average Bonchev–Trinajstić information content (AvgIpc) is 2.75. The average molecular weight is 291 g/mol. The molecule has 0 heterocycles. The normalized spacial score (nSPS) is 16.1. The largest absolute Gasteiger partial charge is 0.496 e. The van der Waals surface area contributed by atoms with Gasteiger partial charge < -0.3 is 14.8 Å². The third kappa shape index (κ3) is 3.90. The molecule has 0 aliphatic heterocycles. The van der Waals surface area contributed by atoms with E-state index in [-0.39, 0.29) is 11.9 Å². The SMILES string of the molecule is COc1cc(C(=O)NC2CCCCCC2)c(OC)cc1C. The minimum atomic E-state index is -0.0722. The first-order chi connectivity index (χ1) is 10.2. The quantitative estimate of drug-likeness (QED) is 0.864. The molecule has 21 heavy (non-hydrogen) atoms. The summed E-state index contributed by atoms with van der Waals surface area (Å²) in [6.07, 6.45) is 7.06. The van der Waals surface area contributed by atoms with Crippen molar-refractivity contribution in [3.05, 3.63) is 23.3 Å². The van der Waals surface area contributed by atoms with Crippen LogP contribution in [0.1, 0.15) is 54.4 Å². The molecule has 0 radical (unpaired) electrons. The lowest BCUT2D eigenvalue weighted by Crippen LogP contribution is -2.34. The van der Waals surface area contributed by atoms with Crippen molar-refractivity contribution in [2.45, 2.75) is 51.5 Å². The van der Waals surface area contributed by atoms with Gasteiger partial charge in [-0.25, -0.2) is 0 Å². The standard InChI is InChI=1S/C17H25NO3/c1-12-10-16(21-3)14(11-15(12)20-2)17(19)18-13-8-6-4-5-7-9-13/h10-11,13H,4-9H2,1-3H3,(H,18,19). The Morgan fingerprint density at radius 3 is 2.24 bits per heavy atom. The van der Waals surface area contributed by atoms with Crippen LogP contribution in [0.5, 0.6) is 11.5 Å². The van der Waals surface area contributed by atoms with Crippen molar-refractivity contribution in [3.8, 4) is 11.5 Å². The lowest BCUT2D eigenvalue weighted by Gasteiger charge is -2.18. The van der Waals surface area contributed by atoms with Crippen molar-refractivity contribution in [3.63, 3.8) is 0 Å². The van der Waals surface area contributed by atoms with E-state index < -0.39 is 0 Å². The van der Waals surface area contributed by atoms with Gasteiger partial charge in [-0.3, -0.25) is 4.79 Å². The molecule has 0 spiro atoms. The van der Waals surface area contributed by atoms with E-state index in [9.17, 15) is 4.79 Å². The summed E-state index contributed by atoms with van der Waals surface area (Å²) in [5.74, 6) is 1.23. The lowest BCUT2D eigenvalue weighted by atomic mass is 10.1. The lowest BCUT2D eigenvalue weighted by molar-refractivity contribution is 0.0930.